The van der Waals surface area contributed by atoms with E-state index in [2.05, 4.69) is 10.6 Å². The predicted octanol–water partition coefficient (Wildman–Crippen LogP) is -0.367. The van der Waals surface area contributed by atoms with Crippen LogP contribution >= 0.6 is 0 Å². The van der Waals surface area contributed by atoms with E-state index >= 15 is 0 Å². The molecule has 0 saturated heterocycles. The standard InChI is InChI=1S/C11H25N3O3/c1-9(2)17-8-10(15)7-12-5-6-13-11(16)14(3)4/h9-10,12,15H,5-8H2,1-4H3,(H,13,16). The van der Waals surface area contributed by atoms with E-state index in [0.717, 1.165) is 0 Å². The van der Waals surface area contributed by atoms with Crippen LogP contribution in [0.5, 0.6) is 0 Å². The Bertz CT molecular complexity index is 210. The molecule has 0 aliphatic rings. The third-order valence-electron chi connectivity index (χ3n) is 1.99. The lowest BCUT2D eigenvalue weighted by Gasteiger charge is -2.15. The molecule has 0 aromatic rings. The average molecular weight is 247 g/mol. The molecule has 1 unspecified atom stereocenters. The summed E-state index contributed by atoms with van der Waals surface area (Å²) in [5.41, 5.74) is 0. The van der Waals surface area contributed by atoms with Gasteiger partial charge in [-0.25, -0.2) is 4.79 Å². The van der Waals surface area contributed by atoms with Gasteiger partial charge in [0.1, 0.15) is 0 Å². The second-order valence-corrected chi connectivity index (χ2v) is 4.37. The molecule has 0 aromatic carbocycles. The number of aliphatic hydroxyl groups excluding tert-OH is 1. The first kappa shape index (κ1) is 16.1. The Labute approximate surface area is 103 Å². The van der Waals surface area contributed by atoms with Crippen LogP contribution in [0.15, 0.2) is 0 Å². The lowest BCUT2D eigenvalue weighted by atomic mass is 10.3. The van der Waals surface area contributed by atoms with E-state index in [1.165, 1.54) is 4.90 Å². The highest BCUT2D eigenvalue weighted by atomic mass is 16.5. The summed E-state index contributed by atoms with van der Waals surface area (Å²) < 4.78 is 5.26. The van der Waals surface area contributed by atoms with E-state index in [1.54, 1.807) is 14.1 Å². The number of hydrogen-bond donors (Lipinski definition) is 3. The van der Waals surface area contributed by atoms with Crippen molar-refractivity contribution in [1.82, 2.24) is 15.5 Å². The topological polar surface area (TPSA) is 73.8 Å². The Morgan fingerprint density at radius 1 is 1.35 bits per heavy atom. The summed E-state index contributed by atoms with van der Waals surface area (Å²) in [6.45, 7) is 5.81. The number of rotatable bonds is 8. The molecule has 0 saturated carbocycles. The van der Waals surface area contributed by atoms with Crippen molar-refractivity contribution in [1.29, 1.82) is 0 Å². The van der Waals surface area contributed by atoms with Gasteiger partial charge in [0.2, 0.25) is 0 Å². The zero-order valence-corrected chi connectivity index (χ0v) is 11.2. The number of urea groups is 1. The molecule has 102 valence electrons. The van der Waals surface area contributed by atoms with Crippen LogP contribution in [0.3, 0.4) is 0 Å². The number of nitrogens with one attached hydrogen (secondary N) is 2. The molecule has 0 spiro atoms. The van der Waals surface area contributed by atoms with E-state index in [9.17, 15) is 9.90 Å². The van der Waals surface area contributed by atoms with Crippen molar-refractivity contribution >= 4 is 6.03 Å². The second kappa shape index (κ2) is 9.21. The molecule has 0 aromatic heterocycles. The van der Waals surface area contributed by atoms with E-state index in [0.29, 0.717) is 26.2 Å². The monoisotopic (exact) mass is 247 g/mol. The smallest absolute Gasteiger partial charge is 0.316 e. The van der Waals surface area contributed by atoms with Gasteiger partial charge in [-0.05, 0) is 13.8 Å². The van der Waals surface area contributed by atoms with E-state index in [1.807, 2.05) is 13.8 Å². The highest BCUT2D eigenvalue weighted by Crippen LogP contribution is 1.90. The van der Waals surface area contributed by atoms with Crippen LogP contribution in [0.2, 0.25) is 0 Å². The quantitative estimate of drug-likeness (QED) is 0.512. The minimum absolute atomic E-state index is 0.115. The molecule has 0 radical (unpaired) electrons. The third-order valence-corrected chi connectivity index (χ3v) is 1.99. The molecule has 17 heavy (non-hydrogen) atoms. The van der Waals surface area contributed by atoms with Crippen molar-refractivity contribution < 1.29 is 14.6 Å². The minimum atomic E-state index is -0.512. The van der Waals surface area contributed by atoms with E-state index < -0.39 is 6.10 Å². The Hall–Kier alpha value is -0.850. The van der Waals surface area contributed by atoms with Gasteiger partial charge in [-0.1, -0.05) is 0 Å². The lowest BCUT2D eigenvalue weighted by Crippen LogP contribution is -2.40. The van der Waals surface area contributed by atoms with Gasteiger partial charge >= 0.3 is 6.03 Å². The molecule has 0 fully saturated rings. The average Bonchev–Trinajstić information content (AvgIpc) is 2.25. The number of hydrogen-bond acceptors (Lipinski definition) is 4. The zero-order chi connectivity index (χ0) is 13.3. The van der Waals surface area contributed by atoms with Gasteiger partial charge < -0.3 is 25.4 Å². The highest BCUT2D eigenvalue weighted by Gasteiger charge is 2.05. The first-order valence-electron chi connectivity index (χ1n) is 5.89. The zero-order valence-electron chi connectivity index (χ0n) is 11.2. The Morgan fingerprint density at radius 2 is 2.00 bits per heavy atom. The Balaban J connectivity index is 3.36. The number of nitrogens with zero attached hydrogens (tertiary/aromatic N) is 1. The van der Waals surface area contributed by atoms with Crippen LogP contribution in [-0.2, 0) is 4.74 Å². The van der Waals surface area contributed by atoms with Crippen LogP contribution in [0.1, 0.15) is 13.8 Å². The van der Waals surface area contributed by atoms with Gasteiger partial charge in [-0.3, -0.25) is 0 Å². The van der Waals surface area contributed by atoms with Gasteiger partial charge in [-0.15, -0.1) is 0 Å². The maximum absolute atomic E-state index is 11.1. The highest BCUT2D eigenvalue weighted by molar-refractivity contribution is 5.73. The Kier molecular flexibility index (Phi) is 8.75. The molecule has 2 amide bonds. The first-order chi connectivity index (χ1) is 7.93. The fraction of sp³-hybridized carbons (Fsp3) is 0.909. The summed E-state index contributed by atoms with van der Waals surface area (Å²) in [4.78, 5) is 12.6. The van der Waals surface area contributed by atoms with Gasteiger partial charge in [0.05, 0.1) is 18.8 Å². The summed E-state index contributed by atoms with van der Waals surface area (Å²) in [6.07, 6.45) is -0.383. The van der Waals surface area contributed by atoms with Crippen LogP contribution in [0.25, 0.3) is 0 Å². The van der Waals surface area contributed by atoms with Gasteiger partial charge in [0.15, 0.2) is 0 Å². The summed E-state index contributed by atoms with van der Waals surface area (Å²) in [5.74, 6) is 0. The summed E-state index contributed by atoms with van der Waals surface area (Å²) in [5, 5.41) is 15.3. The largest absolute Gasteiger partial charge is 0.389 e. The summed E-state index contributed by atoms with van der Waals surface area (Å²) in [6, 6.07) is -0.115. The van der Waals surface area contributed by atoms with Crippen LogP contribution in [0, 0.1) is 0 Å². The first-order valence-corrected chi connectivity index (χ1v) is 5.89. The maximum Gasteiger partial charge on any atom is 0.316 e. The van der Waals surface area contributed by atoms with Crippen LogP contribution in [-0.4, -0.2) is 68.6 Å². The molecular formula is C11H25N3O3. The SMILES string of the molecule is CC(C)OCC(O)CNCCNC(=O)N(C)C. The molecule has 1 atom stereocenters. The maximum atomic E-state index is 11.1. The molecule has 0 rings (SSSR count). The van der Waals surface area contributed by atoms with Crippen molar-refractivity contribution in [2.45, 2.75) is 26.1 Å². The van der Waals surface area contributed by atoms with Crippen molar-refractivity contribution in [2.24, 2.45) is 0 Å². The molecule has 6 nitrogen and oxygen atoms in total. The molecule has 0 aliphatic carbocycles. The van der Waals surface area contributed by atoms with Crippen molar-refractivity contribution in [3.8, 4) is 0 Å². The molecule has 0 aliphatic heterocycles. The normalized spacial score (nSPS) is 12.6. The van der Waals surface area contributed by atoms with Crippen molar-refractivity contribution in [2.75, 3.05) is 40.3 Å². The number of carbonyl (C=O) groups excluding carboxylic acids is 1. The van der Waals surface area contributed by atoms with E-state index in [-0.39, 0.29) is 12.1 Å². The molecule has 3 N–H and O–H groups in total. The number of ether oxygens (including phenoxy) is 1. The van der Waals surface area contributed by atoms with E-state index in [4.69, 9.17) is 4.74 Å². The lowest BCUT2D eigenvalue weighted by molar-refractivity contribution is 0.00653. The van der Waals surface area contributed by atoms with Crippen LogP contribution in [0.4, 0.5) is 4.79 Å². The fourth-order valence-corrected chi connectivity index (χ4v) is 1.05. The van der Waals surface area contributed by atoms with Gasteiger partial charge in [0.25, 0.3) is 0 Å². The molecule has 0 bridgehead atoms. The van der Waals surface area contributed by atoms with Gasteiger partial charge in [0, 0.05) is 33.7 Å². The Morgan fingerprint density at radius 3 is 2.53 bits per heavy atom. The van der Waals surface area contributed by atoms with Crippen molar-refractivity contribution in [3.05, 3.63) is 0 Å². The minimum Gasteiger partial charge on any atom is -0.389 e. The van der Waals surface area contributed by atoms with Crippen molar-refractivity contribution in [3.63, 3.8) is 0 Å². The number of aliphatic hydroxyl groups is 1. The van der Waals surface area contributed by atoms with Gasteiger partial charge in [-0.2, -0.15) is 0 Å². The number of amides is 2. The second-order valence-electron chi connectivity index (χ2n) is 4.37. The summed E-state index contributed by atoms with van der Waals surface area (Å²) >= 11 is 0. The summed E-state index contributed by atoms with van der Waals surface area (Å²) in [7, 11) is 3.38. The molecule has 0 heterocycles. The third kappa shape index (κ3) is 10.0. The predicted molar refractivity (Wildman–Crippen MR) is 67.1 cm³/mol. The molecule has 6 heteroatoms. The number of carbonyl (C=O) groups is 1. The molecular weight excluding hydrogens is 222 g/mol. The fourth-order valence-electron chi connectivity index (χ4n) is 1.05. The van der Waals surface area contributed by atoms with Crippen LogP contribution < -0.4 is 10.6 Å².